The Labute approximate surface area is 167 Å². The van der Waals surface area contributed by atoms with Gasteiger partial charge in [0, 0.05) is 12.2 Å². The second-order valence-electron chi connectivity index (χ2n) is 6.25. The fraction of sp³-hybridized carbons (Fsp3) is 0.350. The Balaban J connectivity index is 1.50. The monoisotopic (exact) mass is 402 g/mol. The highest BCUT2D eigenvalue weighted by molar-refractivity contribution is 7.12. The van der Waals surface area contributed by atoms with Crippen molar-refractivity contribution in [2.24, 2.45) is 0 Å². The second-order valence-corrected chi connectivity index (χ2v) is 7.19. The third kappa shape index (κ3) is 4.89. The van der Waals surface area contributed by atoms with Gasteiger partial charge in [-0.3, -0.25) is 9.59 Å². The maximum Gasteiger partial charge on any atom is 0.329 e. The van der Waals surface area contributed by atoms with Crippen LogP contribution in [0.5, 0.6) is 5.75 Å². The second kappa shape index (κ2) is 9.36. The van der Waals surface area contributed by atoms with Crippen molar-refractivity contribution in [3.63, 3.8) is 0 Å². The van der Waals surface area contributed by atoms with E-state index < -0.39 is 24.5 Å². The lowest BCUT2D eigenvalue weighted by Gasteiger charge is -2.22. The van der Waals surface area contributed by atoms with Crippen LogP contribution in [0.1, 0.15) is 29.4 Å². The lowest BCUT2D eigenvalue weighted by Crippen LogP contribution is -2.41. The maximum absolute atomic E-state index is 12.5. The first-order valence-electron chi connectivity index (χ1n) is 9.12. The van der Waals surface area contributed by atoms with Crippen molar-refractivity contribution in [2.45, 2.75) is 25.8 Å². The highest BCUT2D eigenvalue weighted by atomic mass is 32.1. The normalized spacial score (nSPS) is 15.9. The number of esters is 1. The van der Waals surface area contributed by atoms with Crippen LogP contribution in [0.4, 0.5) is 5.69 Å². The summed E-state index contributed by atoms with van der Waals surface area (Å²) in [6.07, 6.45) is 1.27. The van der Waals surface area contributed by atoms with E-state index in [-0.39, 0.29) is 5.91 Å². The molecule has 0 saturated carbocycles. The summed E-state index contributed by atoms with van der Waals surface area (Å²) in [6, 6.07) is 9.81. The lowest BCUT2D eigenvalue weighted by atomic mass is 10.2. The molecule has 1 fully saturated rings. The number of likely N-dealkylation sites (tertiary alicyclic amines) is 1. The summed E-state index contributed by atoms with van der Waals surface area (Å²) in [7, 11) is 0. The van der Waals surface area contributed by atoms with E-state index in [2.05, 4.69) is 5.32 Å². The summed E-state index contributed by atoms with van der Waals surface area (Å²) in [5.74, 6) is -0.451. The first-order chi connectivity index (χ1) is 13.6. The molecule has 8 heteroatoms. The Bertz CT molecular complexity index is 820. The van der Waals surface area contributed by atoms with Crippen LogP contribution in [0.3, 0.4) is 0 Å². The number of anilines is 1. The first kappa shape index (κ1) is 19.9. The van der Waals surface area contributed by atoms with Gasteiger partial charge in [-0.1, -0.05) is 6.07 Å². The minimum atomic E-state index is -0.645. The van der Waals surface area contributed by atoms with E-state index in [1.165, 1.54) is 16.2 Å². The van der Waals surface area contributed by atoms with Crippen LogP contribution in [0.2, 0.25) is 0 Å². The van der Waals surface area contributed by atoms with Gasteiger partial charge in [-0.05, 0) is 55.5 Å². The Hall–Kier alpha value is -2.87. The predicted molar refractivity (Wildman–Crippen MR) is 106 cm³/mol. The van der Waals surface area contributed by atoms with Crippen molar-refractivity contribution in [3.8, 4) is 5.75 Å². The third-order valence-electron chi connectivity index (χ3n) is 4.31. The molecule has 1 aliphatic heterocycles. The van der Waals surface area contributed by atoms with Crippen molar-refractivity contribution in [1.82, 2.24) is 4.90 Å². The largest absolute Gasteiger partial charge is 0.494 e. The zero-order chi connectivity index (χ0) is 19.9. The molecule has 1 aromatic carbocycles. The molecule has 0 spiro atoms. The summed E-state index contributed by atoms with van der Waals surface area (Å²) in [4.78, 5) is 39.1. The molecule has 7 nitrogen and oxygen atoms in total. The van der Waals surface area contributed by atoms with Crippen molar-refractivity contribution in [1.29, 1.82) is 0 Å². The molecule has 1 aromatic heterocycles. The summed E-state index contributed by atoms with van der Waals surface area (Å²) >= 11 is 1.34. The topological polar surface area (TPSA) is 84.9 Å². The first-order valence-corrected chi connectivity index (χ1v) is 10.00. The molecule has 2 aromatic rings. The van der Waals surface area contributed by atoms with Crippen LogP contribution in [-0.4, -0.2) is 48.5 Å². The average Bonchev–Trinajstić information content (AvgIpc) is 3.39. The lowest BCUT2D eigenvalue weighted by molar-refractivity contribution is -0.151. The van der Waals surface area contributed by atoms with Crippen molar-refractivity contribution >= 4 is 34.8 Å². The van der Waals surface area contributed by atoms with Crippen LogP contribution in [0.25, 0.3) is 0 Å². The van der Waals surface area contributed by atoms with Crippen LogP contribution >= 0.6 is 11.3 Å². The van der Waals surface area contributed by atoms with Crippen LogP contribution in [-0.2, 0) is 14.3 Å². The Morgan fingerprint density at radius 1 is 1.21 bits per heavy atom. The molecule has 1 atom stereocenters. The molecule has 3 rings (SSSR count). The Morgan fingerprint density at radius 3 is 2.68 bits per heavy atom. The summed E-state index contributed by atoms with van der Waals surface area (Å²) in [6.45, 7) is 2.57. The van der Waals surface area contributed by atoms with Crippen LogP contribution in [0, 0.1) is 0 Å². The van der Waals surface area contributed by atoms with E-state index in [9.17, 15) is 14.4 Å². The van der Waals surface area contributed by atoms with E-state index in [0.717, 1.165) is 6.42 Å². The van der Waals surface area contributed by atoms with E-state index >= 15 is 0 Å². The number of thiophene rings is 1. The van der Waals surface area contributed by atoms with Crippen LogP contribution < -0.4 is 10.1 Å². The molecule has 0 unspecified atom stereocenters. The van der Waals surface area contributed by atoms with E-state index in [0.29, 0.717) is 35.9 Å². The SMILES string of the molecule is CCOc1ccc(NC(=O)COC(=O)[C@@H]2CCCN2C(=O)c2cccs2)cc1. The fourth-order valence-corrected chi connectivity index (χ4v) is 3.71. The average molecular weight is 402 g/mol. The van der Waals surface area contributed by atoms with E-state index in [1.54, 1.807) is 36.4 Å². The molecule has 28 heavy (non-hydrogen) atoms. The van der Waals surface area contributed by atoms with E-state index in [4.69, 9.17) is 9.47 Å². The number of nitrogens with one attached hydrogen (secondary N) is 1. The molecule has 148 valence electrons. The molecule has 0 aliphatic carbocycles. The number of hydrogen-bond acceptors (Lipinski definition) is 6. The zero-order valence-electron chi connectivity index (χ0n) is 15.6. The molecule has 1 N–H and O–H groups in total. The molecule has 2 amide bonds. The highest BCUT2D eigenvalue weighted by Gasteiger charge is 2.36. The summed E-state index contributed by atoms with van der Waals surface area (Å²) < 4.78 is 10.5. The van der Waals surface area contributed by atoms with Gasteiger partial charge in [0.2, 0.25) is 0 Å². The number of ether oxygens (including phenoxy) is 2. The number of benzene rings is 1. The number of rotatable bonds is 7. The zero-order valence-corrected chi connectivity index (χ0v) is 16.4. The third-order valence-corrected chi connectivity index (χ3v) is 5.17. The van der Waals surface area contributed by atoms with Crippen LogP contribution in [0.15, 0.2) is 41.8 Å². The molecule has 0 bridgehead atoms. The summed E-state index contributed by atoms with van der Waals surface area (Å²) in [5.41, 5.74) is 0.583. The standard InChI is InChI=1S/C20H22N2O5S/c1-2-26-15-9-7-14(8-10-15)21-18(23)13-27-20(25)16-5-3-11-22(16)19(24)17-6-4-12-28-17/h4,6-10,12,16H,2-3,5,11,13H2,1H3,(H,21,23)/t16-/m0/s1. The molecular formula is C20H22N2O5S. The van der Waals surface area contributed by atoms with E-state index in [1.807, 2.05) is 12.3 Å². The van der Waals surface area contributed by atoms with Gasteiger partial charge in [-0.15, -0.1) is 11.3 Å². The molecule has 1 aliphatic rings. The molecule has 2 heterocycles. The van der Waals surface area contributed by atoms with Gasteiger partial charge in [-0.25, -0.2) is 4.79 Å². The van der Waals surface area contributed by atoms with Crippen molar-refractivity contribution in [3.05, 3.63) is 46.7 Å². The molecular weight excluding hydrogens is 380 g/mol. The number of nitrogens with zero attached hydrogens (tertiary/aromatic N) is 1. The van der Waals surface area contributed by atoms with Gasteiger partial charge in [0.15, 0.2) is 6.61 Å². The van der Waals surface area contributed by atoms with Crippen molar-refractivity contribution in [2.75, 3.05) is 25.1 Å². The van der Waals surface area contributed by atoms with Gasteiger partial charge >= 0.3 is 5.97 Å². The maximum atomic E-state index is 12.5. The quantitative estimate of drug-likeness (QED) is 0.720. The molecule has 0 radical (unpaired) electrons. The Kier molecular flexibility index (Phi) is 6.65. The van der Waals surface area contributed by atoms with Gasteiger partial charge in [-0.2, -0.15) is 0 Å². The summed E-state index contributed by atoms with van der Waals surface area (Å²) in [5, 5.41) is 4.48. The number of carbonyl (C=O) groups excluding carboxylic acids is 3. The smallest absolute Gasteiger partial charge is 0.329 e. The number of amides is 2. The number of hydrogen-bond donors (Lipinski definition) is 1. The van der Waals surface area contributed by atoms with Gasteiger partial charge in [0.05, 0.1) is 11.5 Å². The fourth-order valence-electron chi connectivity index (χ4n) is 3.03. The minimum Gasteiger partial charge on any atom is -0.494 e. The van der Waals surface area contributed by atoms with Gasteiger partial charge in [0.1, 0.15) is 11.8 Å². The number of carbonyl (C=O) groups is 3. The van der Waals surface area contributed by atoms with Crippen molar-refractivity contribution < 1.29 is 23.9 Å². The predicted octanol–water partition coefficient (Wildman–Crippen LogP) is 2.93. The van der Waals surface area contributed by atoms with Gasteiger partial charge < -0.3 is 19.7 Å². The Morgan fingerprint density at radius 2 is 2.00 bits per heavy atom. The van der Waals surface area contributed by atoms with Gasteiger partial charge in [0.25, 0.3) is 11.8 Å². The molecule has 1 saturated heterocycles. The minimum absolute atomic E-state index is 0.173. The highest BCUT2D eigenvalue weighted by Crippen LogP contribution is 2.23.